The molecule has 0 atom stereocenters. The summed E-state index contributed by atoms with van der Waals surface area (Å²) >= 11 is 0. The van der Waals surface area contributed by atoms with Crippen LogP contribution in [0, 0.1) is 17.2 Å². The number of rotatable bonds is 7. The first-order valence-corrected chi connectivity index (χ1v) is 11.8. The molecule has 2 aliphatic carbocycles. The summed E-state index contributed by atoms with van der Waals surface area (Å²) in [6, 6.07) is 22.1. The highest BCUT2D eigenvalue weighted by atomic mass is 16.5. The second-order valence-corrected chi connectivity index (χ2v) is 9.27. The highest BCUT2D eigenvalue weighted by molar-refractivity contribution is 6.04. The van der Waals surface area contributed by atoms with Gasteiger partial charge in [0.1, 0.15) is 17.0 Å². The molecular weight excluding hydrogens is 456 g/mol. The van der Waals surface area contributed by atoms with Gasteiger partial charge in [-0.05, 0) is 67.6 Å². The van der Waals surface area contributed by atoms with E-state index in [1.54, 1.807) is 54.6 Å². The Kier molecular flexibility index (Phi) is 5.19. The van der Waals surface area contributed by atoms with Gasteiger partial charge in [-0.15, -0.1) is 0 Å². The number of ether oxygens (including phenoxy) is 1. The van der Waals surface area contributed by atoms with Crippen LogP contribution in [0.25, 0.3) is 11.1 Å². The number of hydrogen-bond acceptors (Lipinski definition) is 6. The van der Waals surface area contributed by atoms with Gasteiger partial charge in [0.15, 0.2) is 5.58 Å². The summed E-state index contributed by atoms with van der Waals surface area (Å²) in [5.74, 6) is 0.792. The molecule has 0 unspecified atom stereocenters. The summed E-state index contributed by atoms with van der Waals surface area (Å²) < 4.78 is 11.6. The van der Waals surface area contributed by atoms with Crippen LogP contribution in [0.4, 0.5) is 11.7 Å². The van der Waals surface area contributed by atoms with E-state index >= 15 is 0 Å². The molecule has 8 nitrogen and oxygen atoms in total. The highest BCUT2D eigenvalue weighted by Gasteiger charge is 2.45. The quantitative estimate of drug-likeness (QED) is 0.348. The molecule has 0 aliphatic heterocycles. The minimum atomic E-state index is -0.446. The van der Waals surface area contributed by atoms with Crippen molar-refractivity contribution >= 4 is 34.6 Å². The van der Waals surface area contributed by atoms with Gasteiger partial charge in [-0.25, -0.2) is 0 Å². The van der Waals surface area contributed by atoms with Crippen molar-refractivity contribution < 1.29 is 18.7 Å². The van der Waals surface area contributed by atoms with Gasteiger partial charge in [0.2, 0.25) is 5.91 Å². The normalized spacial score (nSPS) is 15.6. The molecule has 0 spiro atoms. The zero-order valence-corrected chi connectivity index (χ0v) is 19.3. The van der Waals surface area contributed by atoms with Crippen LogP contribution in [-0.4, -0.2) is 16.8 Å². The summed E-state index contributed by atoms with van der Waals surface area (Å²) in [4.78, 5) is 29.1. The van der Waals surface area contributed by atoms with Crippen LogP contribution in [0.2, 0.25) is 0 Å². The average Bonchev–Trinajstić information content (AvgIpc) is 3.81. The number of fused-ring (bicyclic) bond motifs is 1. The monoisotopic (exact) mass is 478 g/mol. The van der Waals surface area contributed by atoms with E-state index in [4.69, 9.17) is 9.15 Å². The number of carbonyl (C=O) groups is 2. The summed E-state index contributed by atoms with van der Waals surface area (Å²) in [6.07, 6.45) is 3.45. The number of amides is 2. The third-order valence-corrected chi connectivity index (χ3v) is 6.51. The molecule has 0 saturated heterocycles. The summed E-state index contributed by atoms with van der Waals surface area (Å²) in [5, 5.41) is 15.1. The Morgan fingerprint density at radius 2 is 1.81 bits per heavy atom. The van der Waals surface area contributed by atoms with Gasteiger partial charge < -0.3 is 14.5 Å². The van der Waals surface area contributed by atoms with E-state index in [1.807, 2.05) is 12.1 Å². The van der Waals surface area contributed by atoms with E-state index in [2.05, 4.69) is 21.7 Å². The summed E-state index contributed by atoms with van der Waals surface area (Å²) in [5.41, 5.74) is 2.62. The molecule has 2 aliphatic rings. The largest absolute Gasteiger partial charge is 0.457 e. The Morgan fingerprint density at radius 3 is 2.58 bits per heavy atom. The molecule has 36 heavy (non-hydrogen) atoms. The average molecular weight is 479 g/mol. The molecule has 4 aromatic rings. The van der Waals surface area contributed by atoms with E-state index in [0.717, 1.165) is 31.2 Å². The SMILES string of the molecule is N#CC1(c2cccc(C(=O)Nc3cccc(Oc4ccc5nc(NC(=O)C6CC6)oc5c4)c3)c2)CC1. The number of carbonyl (C=O) groups excluding carboxylic acids is 2. The smallest absolute Gasteiger partial charge is 0.302 e. The van der Waals surface area contributed by atoms with E-state index < -0.39 is 5.41 Å². The Balaban J connectivity index is 1.15. The number of hydrogen-bond donors (Lipinski definition) is 2. The first-order chi connectivity index (χ1) is 17.5. The van der Waals surface area contributed by atoms with Crippen molar-refractivity contribution in [3.05, 3.63) is 77.9 Å². The topological polar surface area (TPSA) is 117 Å². The van der Waals surface area contributed by atoms with Crippen molar-refractivity contribution in [2.45, 2.75) is 31.1 Å². The molecular formula is C28H22N4O4. The highest BCUT2D eigenvalue weighted by Crippen LogP contribution is 2.47. The van der Waals surface area contributed by atoms with Gasteiger partial charge in [0.05, 0.1) is 11.5 Å². The molecule has 0 radical (unpaired) electrons. The molecule has 2 fully saturated rings. The lowest BCUT2D eigenvalue weighted by Crippen LogP contribution is -2.13. The number of nitriles is 1. The molecule has 8 heteroatoms. The number of nitrogens with one attached hydrogen (secondary N) is 2. The molecule has 2 saturated carbocycles. The van der Waals surface area contributed by atoms with Gasteiger partial charge in [-0.1, -0.05) is 18.2 Å². The Labute approximate surface area is 206 Å². The minimum absolute atomic E-state index is 0.0583. The van der Waals surface area contributed by atoms with E-state index in [-0.39, 0.29) is 23.7 Å². The zero-order valence-electron chi connectivity index (χ0n) is 19.3. The number of anilines is 2. The molecule has 2 amide bonds. The first kappa shape index (κ1) is 21.9. The van der Waals surface area contributed by atoms with Gasteiger partial charge in [0.25, 0.3) is 5.91 Å². The maximum atomic E-state index is 12.9. The van der Waals surface area contributed by atoms with Crippen LogP contribution in [0.15, 0.2) is 71.1 Å². The molecule has 3 aromatic carbocycles. The predicted octanol–water partition coefficient (Wildman–Crippen LogP) is 5.78. The van der Waals surface area contributed by atoms with Crippen molar-refractivity contribution in [3.63, 3.8) is 0 Å². The third kappa shape index (κ3) is 4.39. The van der Waals surface area contributed by atoms with Gasteiger partial charge in [-0.2, -0.15) is 10.2 Å². The lowest BCUT2D eigenvalue weighted by molar-refractivity contribution is -0.117. The van der Waals surface area contributed by atoms with Crippen LogP contribution >= 0.6 is 0 Å². The molecule has 1 heterocycles. The zero-order chi connectivity index (χ0) is 24.7. The van der Waals surface area contributed by atoms with Crippen LogP contribution in [0.1, 0.15) is 41.6 Å². The Morgan fingerprint density at radius 1 is 1.00 bits per heavy atom. The molecule has 6 rings (SSSR count). The maximum Gasteiger partial charge on any atom is 0.302 e. The van der Waals surface area contributed by atoms with Crippen molar-refractivity contribution in [2.24, 2.45) is 5.92 Å². The number of aromatic nitrogens is 1. The molecule has 178 valence electrons. The number of nitrogens with zero attached hydrogens (tertiary/aromatic N) is 2. The summed E-state index contributed by atoms with van der Waals surface area (Å²) in [7, 11) is 0. The van der Waals surface area contributed by atoms with E-state index in [1.165, 1.54) is 0 Å². The van der Waals surface area contributed by atoms with Crippen molar-refractivity contribution in [1.29, 1.82) is 5.26 Å². The second-order valence-electron chi connectivity index (χ2n) is 9.27. The minimum Gasteiger partial charge on any atom is -0.457 e. The van der Waals surface area contributed by atoms with Gasteiger partial charge in [-0.3, -0.25) is 14.9 Å². The van der Waals surface area contributed by atoms with Gasteiger partial charge in [0, 0.05) is 29.3 Å². The van der Waals surface area contributed by atoms with E-state index in [0.29, 0.717) is 33.8 Å². The first-order valence-electron chi connectivity index (χ1n) is 11.8. The lowest BCUT2D eigenvalue weighted by atomic mass is 9.96. The van der Waals surface area contributed by atoms with Crippen LogP contribution in [0.5, 0.6) is 11.5 Å². The standard InChI is InChI=1S/C28H22N4O4/c29-16-28(11-12-28)19-4-1-3-18(13-19)26(34)30-20-5-2-6-21(14-20)35-22-9-10-23-24(15-22)36-27(31-23)32-25(33)17-7-8-17/h1-6,9-10,13-15,17H,7-8,11-12H2,(H,30,34)(H,31,32,33). The second kappa shape index (κ2) is 8.54. The van der Waals surface area contributed by atoms with Crippen molar-refractivity contribution in [3.8, 4) is 17.6 Å². The number of oxazole rings is 1. The predicted molar refractivity (Wildman–Crippen MR) is 133 cm³/mol. The Bertz CT molecular complexity index is 1540. The fourth-order valence-corrected chi connectivity index (χ4v) is 4.10. The van der Waals surface area contributed by atoms with E-state index in [9.17, 15) is 14.9 Å². The fourth-order valence-electron chi connectivity index (χ4n) is 4.10. The van der Waals surface area contributed by atoms with Crippen molar-refractivity contribution in [2.75, 3.05) is 10.6 Å². The lowest BCUT2D eigenvalue weighted by Gasteiger charge is -2.11. The third-order valence-electron chi connectivity index (χ3n) is 6.51. The molecule has 0 bridgehead atoms. The Hall–Kier alpha value is -4.64. The maximum absolute atomic E-state index is 12.9. The van der Waals surface area contributed by atoms with Crippen LogP contribution in [-0.2, 0) is 10.2 Å². The molecule has 2 N–H and O–H groups in total. The van der Waals surface area contributed by atoms with Crippen LogP contribution in [0.3, 0.4) is 0 Å². The fraction of sp³-hybridized carbons (Fsp3) is 0.214. The number of benzene rings is 3. The van der Waals surface area contributed by atoms with Gasteiger partial charge >= 0.3 is 6.01 Å². The summed E-state index contributed by atoms with van der Waals surface area (Å²) in [6.45, 7) is 0. The van der Waals surface area contributed by atoms with Crippen molar-refractivity contribution in [1.82, 2.24) is 4.98 Å². The van der Waals surface area contributed by atoms with Crippen LogP contribution < -0.4 is 15.4 Å². The molecule has 1 aromatic heterocycles.